The average molecular weight is 102 g/mol. The molecule has 0 aromatic rings. The van der Waals surface area contributed by atoms with Crippen molar-refractivity contribution >= 4 is 11.7 Å². The Morgan fingerprint density at radius 2 is 2.50 bits per heavy atom. The van der Waals surface area contributed by atoms with Gasteiger partial charge in [0.15, 0.2) is 0 Å². The molecular formula is C4H6OS+. The van der Waals surface area contributed by atoms with Crippen LogP contribution in [0.25, 0.3) is 0 Å². The normalized spacial score (nSPS) is 12.8. The second kappa shape index (κ2) is 2.97. The molecule has 1 unspecified atom stereocenters. The predicted octanol–water partition coefficient (Wildman–Crippen LogP) is 0.792. The van der Waals surface area contributed by atoms with Gasteiger partial charge >= 0.3 is 11.7 Å². The highest BCUT2D eigenvalue weighted by Crippen LogP contribution is 1.80. The number of hydrogen-bond acceptors (Lipinski definition) is 1. The monoisotopic (exact) mass is 102 g/mol. The minimum atomic E-state index is -0.0509. The Balaban J connectivity index is 3.21. The van der Waals surface area contributed by atoms with Gasteiger partial charge in [-0.15, -0.1) is 0 Å². The molecule has 0 aromatic heterocycles. The van der Waals surface area contributed by atoms with E-state index < -0.39 is 0 Å². The Bertz CT molecular complexity index is 52.6. The molecule has 0 bridgehead atoms. The van der Waals surface area contributed by atoms with Crippen molar-refractivity contribution in [2.45, 2.75) is 12.2 Å². The van der Waals surface area contributed by atoms with E-state index in [4.69, 9.17) is 6.58 Å². The second-order valence-corrected chi connectivity index (χ2v) is 1.93. The molecule has 0 heterocycles. The van der Waals surface area contributed by atoms with E-state index in [0.717, 1.165) is 0 Å². The SMILES string of the molecule is [CH]=CC(C)[S+]=O. The van der Waals surface area contributed by atoms with E-state index in [1.165, 1.54) is 6.08 Å². The Morgan fingerprint density at radius 1 is 2.00 bits per heavy atom. The molecule has 0 aliphatic heterocycles. The van der Waals surface area contributed by atoms with Crippen LogP contribution in [-0.4, -0.2) is 5.25 Å². The lowest BCUT2D eigenvalue weighted by Crippen LogP contribution is -1.88. The first-order valence-corrected chi connectivity index (χ1v) is 2.45. The van der Waals surface area contributed by atoms with Gasteiger partial charge in [-0.1, -0.05) is 6.58 Å². The third-order valence-electron chi connectivity index (χ3n) is 0.423. The summed E-state index contributed by atoms with van der Waals surface area (Å²) in [7, 11) is 0. The lowest BCUT2D eigenvalue weighted by molar-refractivity contribution is 0.603. The Morgan fingerprint density at radius 3 is 2.50 bits per heavy atom. The zero-order chi connectivity index (χ0) is 4.99. The molecule has 1 radical (unpaired) electrons. The third kappa shape index (κ3) is 2.03. The predicted molar refractivity (Wildman–Crippen MR) is 26.4 cm³/mol. The molecule has 0 rings (SSSR count). The first-order chi connectivity index (χ1) is 2.81. The van der Waals surface area contributed by atoms with E-state index in [1.807, 2.05) is 0 Å². The fourth-order valence-corrected chi connectivity index (χ4v) is 0.0962. The van der Waals surface area contributed by atoms with Gasteiger partial charge in [0.25, 0.3) is 5.25 Å². The minimum Gasteiger partial charge on any atom is -0.0607 e. The van der Waals surface area contributed by atoms with Crippen molar-refractivity contribution in [2.75, 3.05) is 0 Å². The zero-order valence-corrected chi connectivity index (χ0v) is 4.37. The van der Waals surface area contributed by atoms with E-state index in [0.29, 0.717) is 11.7 Å². The molecule has 1 atom stereocenters. The molecule has 0 aromatic carbocycles. The van der Waals surface area contributed by atoms with Crippen molar-refractivity contribution < 1.29 is 4.21 Å². The Hall–Kier alpha value is -0.240. The van der Waals surface area contributed by atoms with Crippen LogP contribution >= 0.6 is 0 Å². The Labute approximate surface area is 41.6 Å². The van der Waals surface area contributed by atoms with Gasteiger partial charge in [0.05, 0.1) is 0 Å². The molecule has 6 heavy (non-hydrogen) atoms. The lowest BCUT2D eigenvalue weighted by atomic mass is 10.5. The smallest absolute Gasteiger partial charge is 0.0607 e. The summed E-state index contributed by atoms with van der Waals surface area (Å²) < 4.78 is 9.67. The topological polar surface area (TPSA) is 17.1 Å². The van der Waals surface area contributed by atoms with Crippen molar-refractivity contribution in [3.63, 3.8) is 0 Å². The first kappa shape index (κ1) is 5.76. The van der Waals surface area contributed by atoms with Gasteiger partial charge < -0.3 is 0 Å². The van der Waals surface area contributed by atoms with Gasteiger partial charge in [0, 0.05) is 11.1 Å². The molecule has 0 aliphatic rings. The number of rotatable bonds is 2. The molecule has 0 N–H and O–H groups in total. The maximum Gasteiger partial charge on any atom is 0.466 e. The molecule has 0 spiro atoms. The van der Waals surface area contributed by atoms with Crippen molar-refractivity contribution in [2.24, 2.45) is 0 Å². The largest absolute Gasteiger partial charge is 0.466 e. The summed E-state index contributed by atoms with van der Waals surface area (Å²) in [5.74, 6) is 0. The molecule has 0 aliphatic carbocycles. The van der Waals surface area contributed by atoms with Gasteiger partial charge in [-0.05, 0) is 6.08 Å². The van der Waals surface area contributed by atoms with Gasteiger partial charge in [-0.2, -0.15) is 0 Å². The summed E-state index contributed by atoms with van der Waals surface area (Å²) in [6.45, 7) is 6.68. The lowest BCUT2D eigenvalue weighted by Gasteiger charge is -1.65. The van der Waals surface area contributed by atoms with Crippen LogP contribution in [0.3, 0.4) is 0 Å². The average Bonchev–Trinajstić information content (AvgIpc) is 1.65. The van der Waals surface area contributed by atoms with Crippen LogP contribution in [0.4, 0.5) is 0 Å². The quantitative estimate of drug-likeness (QED) is 0.471. The van der Waals surface area contributed by atoms with Crippen molar-refractivity contribution in [3.8, 4) is 0 Å². The summed E-state index contributed by atoms with van der Waals surface area (Å²) in [5.41, 5.74) is 0. The fraction of sp³-hybridized carbons (Fsp3) is 0.500. The van der Waals surface area contributed by atoms with Crippen LogP contribution in [0.2, 0.25) is 0 Å². The van der Waals surface area contributed by atoms with E-state index in [1.54, 1.807) is 6.92 Å². The molecule has 2 heteroatoms. The van der Waals surface area contributed by atoms with Crippen LogP contribution in [0.5, 0.6) is 0 Å². The Kier molecular flexibility index (Phi) is 2.85. The van der Waals surface area contributed by atoms with Gasteiger partial charge in [0.1, 0.15) is 0 Å². The van der Waals surface area contributed by atoms with Crippen LogP contribution in [0.15, 0.2) is 6.08 Å². The third-order valence-corrected chi connectivity index (χ3v) is 0.883. The van der Waals surface area contributed by atoms with Crippen LogP contribution in [0, 0.1) is 6.58 Å². The summed E-state index contributed by atoms with van der Waals surface area (Å²) in [5, 5.41) is -0.0509. The summed E-state index contributed by atoms with van der Waals surface area (Å²) in [6.07, 6.45) is 1.37. The highest BCUT2D eigenvalue weighted by atomic mass is 32.1. The highest BCUT2D eigenvalue weighted by Gasteiger charge is 2.05. The zero-order valence-electron chi connectivity index (χ0n) is 3.55. The van der Waals surface area contributed by atoms with Crippen LogP contribution in [-0.2, 0) is 15.9 Å². The molecule has 0 amide bonds. The van der Waals surface area contributed by atoms with Crippen molar-refractivity contribution in [1.82, 2.24) is 0 Å². The maximum absolute atomic E-state index is 9.67. The van der Waals surface area contributed by atoms with Crippen molar-refractivity contribution in [3.05, 3.63) is 12.7 Å². The van der Waals surface area contributed by atoms with Crippen LogP contribution in [0.1, 0.15) is 6.92 Å². The van der Waals surface area contributed by atoms with E-state index in [2.05, 4.69) is 0 Å². The first-order valence-electron chi connectivity index (χ1n) is 1.65. The molecular weight excluding hydrogens is 96.1 g/mol. The van der Waals surface area contributed by atoms with Crippen LogP contribution < -0.4 is 0 Å². The van der Waals surface area contributed by atoms with E-state index in [9.17, 15) is 4.21 Å². The minimum absolute atomic E-state index is 0.0509. The fourth-order valence-electron chi connectivity index (χ4n) is 0.0321. The van der Waals surface area contributed by atoms with E-state index >= 15 is 0 Å². The standard InChI is InChI=1S/C4H6OS/c1-3-4(2)6-5/h1,3-4H,2H3/q+1. The highest BCUT2D eigenvalue weighted by molar-refractivity contribution is 7.66. The van der Waals surface area contributed by atoms with Gasteiger partial charge in [0.2, 0.25) is 0 Å². The molecule has 0 saturated heterocycles. The summed E-state index contributed by atoms with van der Waals surface area (Å²) in [6, 6.07) is 0. The van der Waals surface area contributed by atoms with Gasteiger partial charge in [-0.3, -0.25) is 0 Å². The maximum atomic E-state index is 9.67. The number of hydrogen-bond donors (Lipinski definition) is 0. The molecule has 0 saturated carbocycles. The summed E-state index contributed by atoms with van der Waals surface area (Å²) in [4.78, 5) is 0. The summed E-state index contributed by atoms with van der Waals surface area (Å²) >= 11 is 0.494. The van der Waals surface area contributed by atoms with Crippen molar-refractivity contribution in [1.29, 1.82) is 0 Å². The molecule has 33 valence electrons. The molecule has 1 nitrogen and oxygen atoms in total. The van der Waals surface area contributed by atoms with Gasteiger partial charge in [-0.25, -0.2) is 0 Å². The second-order valence-electron chi connectivity index (χ2n) is 0.994. The van der Waals surface area contributed by atoms with E-state index in [-0.39, 0.29) is 5.25 Å². The molecule has 0 fully saturated rings.